The summed E-state index contributed by atoms with van der Waals surface area (Å²) >= 11 is 1.79. The second-order valence-electron chi connectivity index (χ2n) is 5.02. The summed E-state index contributed by atoms with van der Waals surface area (Å²) in [7, 11) is 0. The van der Waals surface area contributed by atoms with Gasteiger partial charge in [0.2, 0.25) is 0 Å². The Balaban J connectivity index is 1.62. The SMILES string of the molecule is Oc1ccc(O)c(N2CCN(Cc3cccs3)CC2)c1. The van der Waals surface area contributed by atoms with E-state index in [0.29, 0.717) is 0 Å². The van der Waals surface area contributed by atoms with Gasteiger partial charge in [0.1, 0.15) is 11.5 Å². The molecule has 1 aliphatic rings. The third kappa shape index (κ3) is 2.89. The normalized spacial score (nSPS) is 16.5. The number of thiophene rings is 1. The highest BCUT2D eigenvalue weighted by atomic mass is 32.1. The smallest absolute Gasteiger partial charge is 0.139 e. The van der Waals surface area contributed by atoms with Crippen LogP contribution in [0.2, 0.25) is 0 Å². The molecule has 0 atom stereocenters. The summed E-state index contributed by atoms with van der Waals surface area (Å²) in [6.07, 6.45) is 0. The maximum absolute atomic E-state index is 9.90. The van der Waals surface area contributed by atoms with Crippen LogP contribution in [-0.4, -0.2) is 41.3 Å². The van der Waals surface area contributed by atoms with Crippen LogP contribution in [0.1, 0.15) is 4.88 Å². The van der Waals surface area contributed by atoms with Crippen LogP contribution in [-0.2, 0) is 6.54 Å². The van der Waals surface area contributed by atoms with E-state index in [9.17, 15) is 10.2 Å². The molecule has 2 N–H and O–H groups in total. The molecule has 2 heterocycles. The fraction of sp³-hybridized carbons (Fsp3) is 0.333. The third-order valence-electron chi connectivity index (χ3n) is 3.63. The Labute approximate surface area is 122 Å². The first-order valence-electron chi connectivity index (χ1n) is 6.74. The zero-order valence-electron chi connectivity index (χ0n) is 11.2. The summed E-state index contributed by atoms with van der Waals surface area (Å²) in [5.41, 5.74) is 0.723. The van der Waals surface area contributed by atoms with Crippen molar-refractivity contribution in [2.45, 2.75) is 6.54 Å². The van der Waals surface area contributed by atoms with E-state index in [0.717, 1.165) is 38.4 Å². The predicted octanol–water partition coefficient (Wildman–Crippen LogP) is 2.48. The van der Waals surface area contributed by atoms with Crippen molar-refractivity contribution >= 4 is 17.0 Å². The monoisotopic (exact) mass is 290 g/mol. The molecule has 1 saturated heterocycles. The third-order valence-corrected chi connectivity index (χ3v) is 4.49. The zero-order valence-corrected chi connectivity index (χ0v) is 12.0. The molecule has 4 nitrogen and oxygen atoms in total. The Kier molecular flexibility index (Phi) is 3.80. The van der Waals surface area contributed by atoms with Gasteiger partial charge in [0.15, 0.2) is 0 Å². The number of hydrogen-bond donors (Lipinski definition) is 2. The van der Waals surface area contributed by atoms with Crippen molar-refractivity contribution in [3.63, 3.8) is 0 Å². The molecule has 1 aliphatic heterocycles. The number of nitrogens with zero attached hydrogens (tertiary/aromatic N) is 2. The van der Waals surface area contributed by atoms with Gasteiger partial charge in [-0.15, -0.1) is 11.3 Å². The number of hydrogen-bond acceptors (Lipinski definition) is 5. The first-order valence-corrected chi connectivity index (χ1v) is 7.62. The van der Waals surface area contributed by atoms with E-state index in [4.69, 9.17) is 0 Å². The lowest BCUT2D eigenvalue weighted by Gasteiger charge is -2.36. The van der Waals surface area contributed by atoms with Crippen LogP contribution in [0.15, 0.2) is 35.7 Å². The van der Waals surface area contributed by atoms with E-state index in [1.54, 1.807) is 23.5 Å². The van der Waals surface area contributed by atoms with E-state index in [2.05, 4.69) is 27.3 Å². The lowest BCUT2D eigenvalue weighted by molar-refractivity contribution is 0.251. The van der Waals surface area contributed by atoms with Crippen LogP contribution < -0.4 is 4.90 Å². The molecule has 0 radical (unpaired) electrons. The summed E-state index contributed by atoms with van der Waals surface area (Å²) in [5.74, 6) is 0.424. The Morgan fingerprint density at radius 1 is 1.05 bits per heavy atom. The Bertz CT molecular complexity index is 563. The number of aromatic hydroxyl groups is 2. The van der Waals surface area contributed by atoms with Crippen LogP contribution >= 0.6 is 11.3 Å². The summed E-state index contributed by atoms with van der Waals surface area (Å²) < 4.78 is 0. The lowest BCUT2D eigenvalue weighted by atomic mass is 10.2. The molecule has 106 valence electrons. The van der Waals surface area contributed by atoms with Gasteiger partial charge in [0.05, 0.1) is 5.69 Å². The van der Waals surface area contributed by atoms with Crippen LogP contribution in [0, 0.1) is 0 Å². The van der Waals surface area contributed by atoms with E-state index >= 15 is 0 Å². The van der Waals surface area contributed by atoms with E-state index < -0.39 is 0 Å². The van der Waals surface area contributed by atoms with Crippen molar-refractivity contribution in [1.29, 1.82) is 0 Å². The fourth-order valence-electron chi connectivity index (χ4n) is 2.53. The molecule has 1 fully saturated rings. The first kappa shape index (κ1) is 13.3. The minimum absolute atomic E-state index is 0.193. The number of anilines is 1. The van der Waals surface area contributed by atoms with Gasteiger partial charge in [-0.1, -0.05) is 6.07 Å². The fourth-order valence-corrected chi connectivity index (χ4v) is 3.28. The number of rotatable bonds is 3. The molecule has 0 amide bonds. The van der Waals surface area contributed by atoms with E-state index in [1.807, 2.05) is 0 Å². The molecule has 0 aliphatic carbocycles. The summed E-state index contributed by atoms with van der Waals surface area (Å²) in [4.78, 5) is 5.93. The predicted molar refractivity (Wildman–Crippen MR) is 81.6 cm³/mol. The van der Waals surface area contributed by atoms with Gasteiger partial charge in [0, 0.05) is 43.7 Å². The van der Waals surface area contributed by atoms with Crippen molar-refractivity contribution < 1.29 is 10.2 Å². The van der Waals surface area contributed by atoms with Crippen molar-refractivity contribution in [1.82, 2.24) is 4.90 Å². The molecule has 20 heavy (non-hydrogen) atoms. The Morgan fingerprint density at radius 3 is 2.55 bits per heavy atom. The van der Waals surface area contributed by atoms with Gasteiger partial charge in [-0.3, -0.25) is 4.90 Å². The van der Waals surface area contributed by atoms with Crippen LogP contribution in [0.5, 0.6) is 11.5 Å². The molecule has 0 unspecified atom stereocenters. The molecule has 2 aromatic rings. The topological polar surface area (TPSA) is 46.9 Å². The highest BCUT2D eigenvalue weighted by molar-refractivity contribution is 7.09. The second-order valence-corrected chi connectivity index (χ2v) is 6.05. The van der Waals surface area contributed by atoms with Crippen molar-refractivity contribution in [3.8, 4) is 11.5 Å². The Morgan fingerprint density at radius 2 is 1.85 bits per heavy atom. The van der Waals surface area contributed by atoms with Gasteiger partial charge < -0.3 is 15.1 Å². The number of benzene rings is 1. The van der Waals surface area contributed by atoms with Crippen LogP contribution in [0.4, 0.5) is 5.69 Å². The molecule has 5 heteroatoms. The minimum atomic E-state index is 0.193. The van der Waals surface area contributed by atoms with Crippen LogP contribution in [0.3, 0.4) is 0 Å². The average Bonchev–Trinajstić information content (AvgIpc) is 2.95. The van der Waals surface area contributed by atoms with Gasteiger partial charge in [0.25, 0.3) is 0 Å². The van der Waals surface area contributed by atoms with Gasteiger partial charge in [-0.25, -0.2) is 0 Å². The zero-order chi connectivity index (χ0) is 13.9. The highest BCUT2D eigenvalue weighted by Crippen LogP contribution is 2.31. The van der Waals surface area contributed by atoms with Crippen molar-refractivity contribution in [2.24, 2.45) is 0 Å². The molecular weight excluding hydrogens is 272 g/mol. The Hall–Kier alpha value is -1.72. The lowest BCUT2D eigenvalue weighted by Crippen LogP contribution is -2.45. The average molecular weight is 290 g/mol. The van der Waals surface area contributed by atoms with Gasteiger partial charge >= 0.3 is 0 Å². The molecule has 3 rings (SSSR count). The van der Waals surface area contributed by atoms with Gasteiger partial charge in [-0.05, 0) is 23.6 Å². The quantitative estimate of drug-likeness (QED) is 0.853. The van der Waals surface area contributed by atoms with E-state index in [1.165, 1.54) is 10.9 Å². The molecular formula is C15H18N2O2S. The second kappa shape index (κ2) is 5.73. The summed E-state index contributed by atoms with van der Waals surface area (Å²) in [6, 6.07) is 8.93. The minimum Gasteiger partial charge on any atom is -0.508 e. The standard InChI is InChI=1S/C15H18N2O2S/c18-12-3-4-15(19)14(10-12)17-7-5-16(6-8-17)11-13-2-1-9-20-13/h1-4,9-10,18-19H,5-8,11H2. The summed E-state index contributed by atoms with van der Waals surface area (Å²) in [6.45, 7) is 4.66. The molecule has 0 saturated carbocycles. The first-order chi connectivity index (χ1) is 9.72. The van der Waals surface area contributed by atoms with Crippen molar-refractivity contribution in [2.75, 3.05) is 31.1 Å². The van der Waals surface area contributed by atoms with Crippen LogP contribution in [0.25, 0.3) is 0 Å². The highest BCUT2D eigenvalue weighted by Gasteiger charge is 2.19. The number of piperazine rings is 1. The molecule has 0 spiro atoms. The maximum Gasteiger partial charge on any atom is 0.139 e. The molecule has 1 aromatic heterocycles. The van der Waals surface area contributed by atoms with Crippen molar-refractivity contribution in [3.05, 3.63) is 40.6 Å². The number of phenolic OH excluding ortho intramolecular Hbond substituents is 2. The summed E-state index contributed by atoms with van der Waals surface area (Å²) in [5, 5.41) is 21.5. The van der Waals surface area contributed by atoms with Gasteiger partial charge in [-0.2, -0.15) is 0 Å². The largest absolute Gasteiger partial charge is 0.508 e. The molecule has 1 aromatic carbocycles. The maximum atomic E-state index is 9.90. The molecule has 0 bridgehead atoms. The van der Waals surface area contributed by atoms with E-state index in [-0.39, 0.29) is 11.5 Å². The number of phenols is 2.